The van der Waals surface area contributed by atoms with Crippen molar-refractivity contribution in [3.05, 3.63) is 76.9 Å². The lowest BCUT2D eigenvalue weighted by Crippen LogP contribution is -2.13. The summed E-state index contributed by atoms with van der Waals surface area (Å²) in [7, 11) is 0. The average molecular weight is 375 g/mol. The molecule has 146 valence electrons. The fourth-order valence-corrected chi connectivity index (χ4v) is 3.93. The maximum Gasteiger partial charge on any atom is 0.155 e. The van der Waals surface area contributed by atoms with Crippen molar-refractivity contribution in [1.29, 1.82) is 0 Å². The minimum absolute atomic E-state index is 0.270. The van der Waals surface area contributed by atoms with Crippen molar-refractivity contribution < 1.29 is 9.59 Å². The molecule has 2 aromatic rings. The Morgan fingerprint density at radius 1 is 0.750 bits per heavy atom. The van der Waals surface area contributed by atoms with Crippen LogP contribution in [0.1, 0.15) is 73.1 Å². The predicted octanol–water partition coefficient (Wildman–Crippen LogP) is 6.35. The van der Waals surface area contributed by atoms with E-state index >= 15 is 0 Å². The lowest BCUT2D eigenvalue weighted by atomic mass is 9.83. The van der Waals surface area contributed by atoms with E-state index in [2.05, 4.69) is 62.4 Å². The van der Waals surface area contributed by atoms with Crippen LogP contribution in [-0.4, -0.2) is 11.6 Å². The van der Waals surface area contributed by atoms with Crippen LogP contribution in [0.15, 0.2) is 54.6 Å². The molecule has 28 heavy (non-hydrogen) atoms. The first-order valence-electron chi connectivity index (χ1n) is 10.4. The van der Waals surface area contributed by atoms with Crippen LogP contribution in [0.25, 0.3) is 5.57 Å². The SMILES string of the molecule is Cc1ccc(C2=CC(=O)CCC2)cc1.Cc1ccc(C2CCCC(=O)C2)cc1. The highest BCUT2D eigenvalue weighted by molar-refractivity contribution is 5.98. The topological polar surface area (TPSA) is 34.1 Å². The normalized spacial score (nSPS) is 19.5. The molecular weight excluding hydrogens is 344 g/mol. The Morgan fingerprint density at radius 3 is 2.00 bits per heavy atom. The van der Waals surface area contributed by atoms with Crippen molar-refractivity contribution in [3.63, 3.8) is 0 Å². The molecule has 0 radical (unpaired) electrons. The van der Waals surface area contributed by atoms with Crippen LogP contribution >= 0.6 is 0 Å². The molecule has 0 spiro atoms. The van der Waals surface area contributed by atoms with Crippen molar-refractivity contribution >= 4 is 17.1 Å². The second kappa shape index (κ2) is 9.64. The largest absolute Gasteiger partial charge is 0.300 e. The lowest BCUT2D eigenvalue weighted by molar-refractivity contribution is -0.120. The van der Waals surface area contributed by atoms with Crippen molar-refractivity contribution in [2.75, 3.05) is 0 Å². The zero-order chi connectivity index (χ0) is 19.9. The summed E-state index contributed by atoms with van der Waals surface area (Å²) in [6.45, 7) is 4.17. The van der Waals surface area contributed by atoms with Gasteiger partial charge >= 0.3 is 0 Å². The molecule has 0 heterocycles. The fourth-order valence-electron chi connectivity index (χ4n) is 3.93. The molecule has 2 aliphatic carbocycles. The molecule has 2 nitrogen and oxygen atoms in total. The molecule has 0 saturated heterocycles. The van der Waals surface area contributed by atoms with E-state index in [0.29, 0.717) is 11.7 Å². The Balaban J connectivity index is 0.000000161. The van der Waals surface area contributed by atoms with Crippen LogP contribution < -0.4 is 0 Å². The van der Waals surface area contributed by atoms with E-state index in [1.165, 1.54) is 34.2 Å². The zero-order valence-electron chi connectivity index (χ0n) is 17.0. The third kappa shape index (κ3) is 5.76. The number of carbonyl (C=O) groups is 2. The lowest BCUT2D eigenvalue weighted by Gasteiger charge is -2.21. The number of carbonyl (C=O) groups excluding carboxylic acids is 2. The van der Waals surface area contributed by atoms with E-state index in [9.17, 15) is 9.59 Å². The molecule has 4 rings (SSSR count). The van der Waals surface area contributed by atoms with Crippen molar-refractivity contribution in [2.45, 2.75) is 64.7 Å². The van der Waals surface area contributed by atoms with Gasteiger partial charge in [0.1, 0.15) is 5.78 Å². The summed E-state index contributed by atoms with van der Waals surface area (Å²) in [5, 5.41) is 0. The number of hydrogen-bond donors (Lipinski definition) is 0. The molecule has 0 aliphatic heterocycles. The minimum atomic E-state index is 0.270. The van der Waals surface area contributed by atoms with Crippen LogP contribution in [0.4, 0.5) is 0 Å². The third-order valence-corrected chi connectivity index (χ3v) is 5.66. The van der Waals surface area contributed by atoms with Gasteiger partial charge in [-0.1, -0.05) is 59.7 Å². The molecule has 2 aliphatic rings. The number of ketones is 2. The number of hydrogen-bond acceptors (Lipinski definition) is 2. The summed E-state index contributed by atoms with van der Waals surface area (Å²) < 4.78 is 0. The number of rotatable bonds is 2. The van der Waals surface area contributed by atoms with Crippen LogP contribution in [-0.2, 0) is 9.59 Å². The summed E-state index contributed by atoms with van der Waals surface area (Å²) in [5.74, 6) is 1.19. The maximum atomic E-state index is 11.3. The first-order chi connectivity index (χ1) is 13.5. The number of Topliss-reactive ketones (excluding diaryl/α,β-unsaturated/α-hetero) is 1. The van der Waals surface area contributed by atoms with Gasteiger partial charge in [0.15, 0.2) is 5.78 Å². The summed E-state index contributed by atoms with van der Waals surface area (Å²) in [6, 6.07) is 17.0. The summed E-state index contributed by atoms with van der Waals surface area (Å²) in [4.78, 5) is 22.6. The Labute approximate surface area is 168 Å². The summed E-state index contributed by atoms with van der Waals surface area (Å²) in [6.07, 6.45) is 8.34. The minimum Gasteiger partial charge on any atom is -0.300 e. The molecule has 1 saturated carbocycles. The van der Waals surface area contributed by atoms with Gasteiger partial charge in [-0.05, 0) is 68.2 Å². The van der Waals surface area contributed by atoms with Gasteiger partial charge in [0.05, 0.1) is 0 Å². The first kappa shape index (κ1) is 20.3. The standard InChI is InChI=1S/C13H16O.C13H14O/c2*1-10-5-7-11(8-6-10)12-3-2-4-13(14)9-12/h5-8,12H,2-4,9H2,1H3;5-9H,2-4H2,1H3. The quantitative estimate of drug-likeness (QED) is 0.613. The first-order valence-corrected chi connectivity index (χ1v) is 10.4. The van der Waals surface area contributed by atoms with Crippen LogP contribution in [0.5, 0.6) is 0 Å². The highest BCUT2D eigenvalue weighted by Gasteiger charge is 2.20. The van der Waals surface area contributed by atoms with Gasteiger partial charge in [0.25, 0.3) is 0 Å². The van der Waals surface area contributed by atoms with E-state index in [1.807, 2.05) is 0 Å². The highest BCUT2D eigenvalue weighted by atomic mass is 16.1. The van der Waals surface area contributed by atoms with Crippen LogP contribution in [0.2, 0.25) is 0 Å². The maximum absolute atomic E-state index is 11.3. The van der Waals surface area contributed by atoms with Gasteiger partial charge in [-0.3, -0.25) is 9.59 Å². The van der Waals surface area contributed by atoms with E-state index in [4.69, 9.17) is 0 Å². The molecule has 2 aromatic carbocycles. The third-order valence-electron chi connectivity index (χ3n) is 5.66. The molecule has 0 amide bonds. The molecule has 1 fully saturated rings. The Kier molecular flexibility index (Phi) is 6.97. The van der Waals surface area contributed by atoms with E-state index < -0.39 is 0 Å². The van der Waals surface area contributed by atoms with Gasteiger partial charge < -0.3 is 0 Å². The van der Waals surface area contributed by atoms with Crippen molar-refractivity contribution in [2.24, 2.45) is 0 Å². The second-order valence-electron chi connectivity index (χ2n) is 8.10. The highest BCUT2D eigenvalue weighted by Crippen LogP contribution is 2.30. The van der Waals surface area contributed by atoms with Gasteiger partial charge in [0.2, 0.25) is 0 Å². The van der Waals surface area contributed by atoms with E-state index in [1.54, 1.807) is 6.08 Å². The fraction of sp³-hybridized carbons (Fsp3) is 0.385. The van der Waals surface area contributed by atoms with Crippen molar-refractivity contribution in [1.82, 2.24) is 0 Å². The van der Waals surface area contributed by atoms with Gasteiger partial charge in [-0.2, -0.15) is 0 Å². The smallest absolute Gasteiger partial charge is 0.155 e. The van der Waals surface area contributed by atoms with Crippen LogP contribution in [0, 0.1) is 13.8 Å². The monoisotopic (exact) mass is 374 g/mol. The Bertz CT molecular complexity index is 841. The Hall–Kier alpha value is -2.48. The molecule has 2 heteroatoms. The number of aryl methyl sites for hydroxylation is 2. The molecule has 0 N–H and O–H groups in total. The number of allylic oxidation sites excluding steroid dienone is 2. The van der Waals surface area contributed by atoms with Crippen molar-refractivity contribution in [3.8, 4) is 0 Å². The molecular formula is C26H30O2. The molecule has 1 atom stereocenters. The second-order valence-corrected chi connectivity index (χ2v) is 8.10. The van der Waals surface area contributed by atoms with Gasteiger partial charge in [-0.25, -0.2) is 0 Å². The summed E-state index contributed by atoms with van der Waals surface area (Å²) in [5.41, 5.74) is 6.28. The average Bonchev–Trinajstić information content (AvgIpc) is 2.70. The van der Waals surface area contributed by atoms with Gasteiger partial charge in [-0.15, -0.1) is 0 Å². The van der Waals surface area contributed by atoms with E-state index in [0.717, 1.165) is 38.5 Å². The molecule has 1 unspecified atom stereocenters. The predicted molar refractivity (Wildman–Crippen MR) is 115 cm³/mol. The molecule has 0 bridgehead atoms. The van der Waals surface area contributed by atoms with Crippen LogP contribution in [0.3, 0.4) is 0 Å². The zero-order valence-corrected chi connectivity index (χ0v) is 17.0. The Morgan fingerprint density at radius 2 is 1.39 bits per heavy atom. The summed E-state index contributed by atoms with van der Waals surface area (Å²) >= 11 is 0. The van der Waals surface area contributed by atoms with E-state index in [-0.39, 0.29) is 5.78 Å². The van der Waals surface area contributed by atoms with Gasteiger partial charge in [0, 0.05) is 19.3 Å². The molecule has 0 aromatic heterocycles. The number of benzene rings is 2.